The van der Waals surface area contributed by atoms with Crippen molar-refractivity contribution in [3.63, 3.8) is 0 Å². The van der Waals surface area contributed by atoms with Crippen LogP contribution in [-0.4, -0.2) is 23.5 Å². The summed E-state index contributed by atoms with van der Waals surface area (Å²) in [5.41, 5.74) is 6.35. The molecule has 2 atom stereocenters. The largest absolute Gasteiger partial charge is 0.349 e. The average molecular weight is 312 g/mol. The maximum Gasteiger partial charge on any atom is 0.253 e. The Bertz CT molecular complexity index is 424. The molecule has 2 unspecified atom stereocenters. The molecule has 1 aromatic rings. The summed E-state index contributed by atoms with van der Waals surface area (Å²) in [5, 5.41) is 3.08. The highest BCUT2D eigenvalue weighted by Crippen LogP contribution is 2.23. The number of carbonyl (C=O) groups excluding carboxylic acids is 1. The van der Waals surface area contributed by atoms with Crippen molar-refractivity contribution >= 4 is 21.8 Å². The molecule has 0 aliphatic heterocycles. The molecule has 98 valence electrons. The van der Waals surface area contributed by atoms with Gasteiger partial charge in [-0.15, -0.1) is 0 Å². The van der Waals surface area contributed by atoms with Gasteiger partial charge in [-0.25, -0.2) is 0 Å². The van der Waals surface area contributed by atoms with E-state index in [0.29, 0.717) is 18.0 Å². The van der Waals surface area contributed by atoms with Gasteiger partial charge in [0.2, 0.25) is 0 Å². The summed E-state index contributed by atoms with van der Waals surface area (Å²) in [5.74, 6) is 0.344. The number of pyridine rings is 1. The number of rotatable bonds is 3. The van der Waals surface area contributed by atoms with E-state index in [-0.39, 0.29) is 11.9 Å². The van der Waals surface area contributed by atoms with Gasteiger partial charge in [0.15, 0.2) is 0 Å². The van der Waals surface area contributed by atoms with Crippen LogP contribution in [0.2, 0.25) is 0 Å². The highest BCUT2D eigenvalue weighted by atomic mass is 79.9. The van der Waals surface area contributed by atoms with Crippen LogP contribution in [0.5, 0.6) is 0 Å². The van der Waals surface area contributed by atoms with E-state index in [1.165, 1.54) is 6.42 Å². The van der Waals surface area contributed by atoms with Crippen LogP contribution >= 0.6 is 15.9 Å². The van der Waals surface area contributed by atoms with Crippen LogP contribution in [-0.2, 0) is 0 Å². The Balaban J connectivity index is 2.02. The van der Waals surface area contributed by atoms with E-state index in [0.717, 1.165) is 23.7 Å². The van der Waals surface area contributed by atoms with Gasteiger partial charge in [-0.3, -0.25) is 9.78 Å². The second-order valence-corrected chi connectivity index (χ2v) is 5.67. The Kier molecular flexibility index (Phi) is 4.72. The fourth-order valence-electron chi connectivity index (χ4n) is 2.47. The lowest BCUT2D eigenvalue weighted by Gasteiger charge is -2.31. The predicted molar refractivity (Wildman–Crippen MR) is 74.2 cm³/mol. The van der Waals surface area contributed by atoms with Crippen LogP contribution in [0.15, 0.2) is 22.9 Å². The molecule has 1 aliphatic rings. The van der Waals surface area contributed by atoms with Crippen LogP contribution in [0.3, 0.4) is 0 Å². The molecule has 1 aromatic heterocycles. The van der Waals surface area contributed by atoms with Gasteiger partial charge in [0.25, 0.3) is 5.91 Å². The summed E-state index contributed by atoms with van der Waals surface area (Å²) in [7, 11) is 0. The van der Waals surface area contributed by atoms with Gasteiger partial charge < -0.3 is 11.1 Å². The monoisotopic (exact) mass is 311 g/mol. The van der Waals surface area contributed by atoms with Gasteiger partial charge in [0.1, 0.15) is 0 Å². The number of amides is 1. The molecule has 3 N–H and O–H groups in total. The fraction of sp³-hybridized carbons (Fsp3) is 0.538. The van der Waals surface area contributed by atoms with E-state index >= 15 is 0 Å². The summed E-state index contributed by atoms with van der Waals surface area (Å²) in [6, 6.07) is 1.98. The highest BCUT2D eigenvalue weighted by Gasteiger charge is 2.25. The number of halogens is 1. The molecule has 18 heavy (non-hydrogen) atoms. The van der Waals surface area contributed by atoms with Gasteiger partial charge in [-0.1, -0.05) is 12.8 Å². The number of carbonyl (C=O) groups is 1. The number of hydrogen-bond donors (Lipinski definition) is 2. The Labute approximate surface area is 115 Å². The van der Waals surface area contributed by atoms with Crippen molar-refractivity contribution in [2.75, 3.05) is 6.54 Å². The van der Waals surface area contributed by atoms with Crippen molar-refractivity contribution in [3.8, 4) is 0 Å². The second kappa shape index (κ2) is 6.29. The second-order valence-electron chi connectivity index (χ2n) is 4.75. The first kappa shape index (κ1) is 13.5. The third-order valence-corrected chi connectivity index (χ3v) is 3.93. The van der Waals surface area contributed by atoms with Crippen LogP contribution in [0.1, 0.15) is 36.0 Å². The van der Waals surface area contributed by atoms with Gasteiger partial charge in [-0.2, -0.15) is 0 Å². The Morgan fingerprint density at radius 1 is 1.44 bits per heavy atom. The average Bonchev–Trinajstić information content (AvgIpc) is 2.39. The summed E-state index contributed by atoms with van der Waals surface area (Å²) in [4.78, 5) is 16.1. The maximum absolute atomic E-state index is 12.1. The number of nitrogens with two attached hydrogens (primary N) is 1. The number of nitrogens with zero attached hydrogens (tertiary/aromatic N) is 1. The molecule has 0 saturated heterocycles. The fourth-order valence-corrected chi connectivity index (χ4v) is 2.83. The molecule has 5 heteroatoms. The van der Waals surface area contributed by atoms with Crippen LogP contribution in [0.25, 0.3) is 0 Å². The first-order valence-corrected chi connectivity index (χ1v) is 7.11. The van der Waals surface area contributed by atoms with Gasteiger partial charge in [0, 0.05) is 22.9 Å². The Morgan fingerprint density at radius 2 is 2.22 bits per heavy atom. The minimum absolute atomic E-state index is 0.0610. The van der Waals surface area contributed by atoms with E-state index in [2.05, 4.69) is 26.2 Å². The summed E-state index contributed by atoms with van der Waals surface area (Å²) in [6.07, 6.45) is 7.76. The molecule has 1 amide bonds. The zero-order valence-corrected chi connectivity index (χ0v) is 11.8. The molecule has 2 rings (SSSR count). The molecule has 0 aromatic carbocycles. The third kappa shape index (κ3) is 3.29. The van der Waals surface area contributed by atoms with Crippen LogP contribution < -0.4 is 11.1 Å². The van der Waals surface area contributed by atoms with E-state index < -0.39 is 0 Å². The zero-order chi connectivity index (χ0) is 13.0. The molecule has 0 spiro atoms. The first-order chi connectivity index (χ1) is 8.70. The number of nitrogens with one attached hydrogen (secondary N) is 1. The minimum Gasteiger partial charge on any atom is -0.349 e. The molecule has 1 saturated carbocycles. The van der Waals surface area contributed by atoms with Crippen molar-refractivity contribution in [3.05, 3.63) is 28.5 Å². The Hall–Kier alpha value is -0.940. The summed E-state index contributed by atoms with van der Waals surface area (Å²) >= 11 is 3.32. The molecule has 0 bridgehead atoms. The lowest BCUT2D eigenvalue weighted by Crippen LogP contribution is -2.44. The molecular weight excluding hydrogens is 294 g/mol. The van der Waals surface area contributed by atoms with E-state index in [1.54, 1.807) is 18.5 Å². The van der Waals surface area contributed by atoms with Crippen molar-refractivity contribution in [1.29, 1.82) is 0 Å². The molecular formula is C13H18BrN3O. The van der Waals surface area contributed by atoms with E-state index in [9.17, 15) is 4.79 Å². The van der Waals surface area contributed by atoms with E-state index in [1.807, 2.05) is 0 Å². The zero-order valence-electron chi connectivity index (χ0n) is 10.2. The van der Waals surface area contributed by atoms with Crippen molar-refractivity contribution < 1.29 is 4.79 Å². The SMILES string of the molecule is NCC1CCCCC1NC(=O)c1cncc(Br)c1. The Morgan fingerprint density at radius 3 is 2.94 bits per heavy atom. The maximum atomic E-state index is 12.1. The predicted octanol–water partition coefficient (Wildman–Crippen LogP) is 2.09. The first-order valence-electron chi connectivity index (χ1n) is 6.32. The smallest absolute Gasteiger partial charge is 0.253 e. The quantitative estimate of drug-likeness (QED) is 0.898. The summed E-state index contributed by atoms with van der Waals surface area (Å²) in [6.45, 7) is 0.641. The molecule has 1 heterocycles. The lowest BCUT2D eigenvalue weighted by atomic mass is 9.84. The molecule has 1 aliphatic carbocycles. The normalized spacial score (nSPS) is 23.7. The minimum atomic E-state index is -0.0610. The highest BCUT2D eigenvalue weighted by molar-refractivity contribution is 9.10. The topological polar surface area (TPSA) is 68.0 Å². The molecule has 0 radical (unpaired) electrons. The van der Waals surface area contributed by atoms with Gasteiger partial charge >= 0.3 is 0 Å². The lowest BCUT2D eigenvalue weighted by molar-refractivity contribution is 0.0907. The number of hydrogen-bond acceptors (Lipinski definition) is 3. The van der Waals surface area contributed by atoms with Crippen molar-refractivity contribution in [2.45, 2.75) is 31.7 Å². The number of aromatic nitrogens is 1. The van der Waals surface area contributed by atoms with Crippen molar-refractivity contribution in [2.24, 2.45) is 11.7 Å². The molecule has 1 fully saturated rings. The standard InChI is InChI=1S/C13H18BrN3O/c14-11-5-10(7-16-8-11)13(18)17-12-4-2-1-3-9(12)6-15/h5,7-9,12H,1-4,6,15H2,(H,17,18). The van der Waals surface area contributed by atoms with Gasteiger partial charge in [-0.05, 0) is 47.3 Å². The van der Waals surface area contributed by atoms with Gasteiger partial charge in [0.05, 0.1) is 5.56 Å². The van der Waals surface area contributed by atoms with Crippen molar-refractivity contribution in [1.82, 2.24) is 10.3 Å². The molecule has 4 nitrogen and oxygen atoms in total. The van der Waals surface area contributed by atoms with Crippen LogP contribution in [0.4, 0.5) is 0 Å². The van der Waals surface area contributed by atoms with Crippen LogP contribution in [0, 0.1) is 5.92 Å². The summed E-state index contributed by atoms with van der Waals surface area (Å²) < 4.78 is 0.814. The third-order valence-electron chi connectivity index (χ3n) is 3.50. The van der Waals surface area contributed by atoms with E-state index in [4.69, 9.17) is 5.73 Å².